The largest absolute Gasteiger partial charge is 0.453 e. The lowest BCUT2D eigenvalue weighted by Gasteiger charge is -2.32. The summed E-state index contributed by atoms with van der Waals surface area (Å²) >= 11 is 0. The van der Waals surface area contributed by atoms with Crippen molar-refractivity contribution < 1.29 is 18.0 Å². The minimum absolute atomic E-state index is 0.00381. The molecule has 3 aromatic rings. The number of carbonyl (C=O) groups is 1. The average Bonchev–Trinajstić information content (AvgIpc) is 3.22. The third-order valence-electron chi connectivity index (χ3n) is 5.75. The van der Waals surface area contributed by atoms with Gasteiger partial charge in [-0.3, -0.25) is 4.79 Å². The molecular weight excluding hydrogens is 435 g/mol. The number of alkyl halides is 3. The molecule has 3 heterocycles. The lowest BCUT2D eigenvalue weighted by Crippen LogP contribution is -2.41. The molecule has 1 saturated heterocycles. The van der Waals surface area contributed by atoms with E-state index in [-0.39, 0.29) is 17.5 Å². The fourth-order valence-electron chi connectivity index (χ4n) is 4.05. The number of carbonyl (C=O) groups excluding carboxylic acids is 1. The van der Waals surface area contributed by atoms with Crippen molar-refractivity contribution >= 4 is 17.4 Å². The molecule has 0 radical (unpaired) electrons. The SMILES string of the molecule is CN(C)Cc1ccccc1CNC(=O)C1CCN(c2ccc3nnc(C(F)(F)F)n3n2)CC1. The molecule has 0 unspecified atom stereocenters. The summed E-state index contributed by atoms with van der Waals surface area (Å²) in [6.45, 7) is 2.31. The van der Waals surface area contributed by atoms with Crippen LogP contribution in [0.25, 0.3) is 5.65 Å². The normalized spacial score (nSPS) is 15.4. The number of nitrogens with zero attached hydrogens (tertiary/aromatic N) is 6. The van der Waals surface area contributed by atoms with Crippen LogP contribution in [0.3, 0.4) is 0 Å². The van der Waals surface area contributed by atoms with Crippen LogP contribution in [0.2, 0.25) is 0 Å². The van der Waals surface area contributed by atoms with Crippen LogP contribution in [0.4, 0.5) is 19.0 Å². The Labute approximate surface area is 189 Å². The summed E-state index contributed by atoms with van der Waals surface area (Å²) in [5, 5.41) is 13.9. The molecule has 33 heavy (non-hydrogen) atoms. The first kappa shape index (κ1) is 23.0. The fraction of sp³-hybridized carbons (Fsp3) is 0.455. The van der Waals surface area contributed by atoms with Gasteiger partial charge in [-0.25, -0.2) is 0 Å². The van der Waals surface area contributed by atoms with Gasteiger partial charge in [0.25, 0.3) is 5.82 Å². The average molecular weight is 461 g/mol. The molecule has 0 aliphatic carbocycles. The van der Waals surface area contributed by atoms with Crippen molar-refractivity contribution in [1.82, 2.24) is 30.0 Å². The first-order valence-electron chi connectivity index (χ1n) is 10.8. The highest BCUT2D eigenvalue weighted by molar-refractivity contribution is 5.79. The summed E-state index contributed by atoms with van der Waals surface area (Å²) in [5.41, 5.74) is 2.30. The molecule has 1 N–H and O–H groups in total. The molecule has 1 aromatic carbocycles. The molecular formula is C22H26F3N7O. The molecule has 8 nitrogen and oxygen atoms in total. The van der Waals surface area contributed by atoms with Crippen molar-refractivity contribution in [2.24, 2.45) is 5.92 Å². The predicted molar refractivity (Wildman–Crippen MR) is 116 cm³/mol. The number of rotatable bonds is 6. The first-order valence-corrected chi connectivity index (χ1v) is 10.8. The summed E-state index contributed by atoms with van der Waals surface area (Å²) < 4.78 is 40.1. The van der Waals surface area contributed by atoms with Crippen molar-refractivity contribution in [3.05, 3.63) is 53.3 Å². The van der Waals surface area contributed by atoms with Gasteiger partial charge in [-0.05, 0) is 50.2 Å². The molecule has 11 heteroatoms. The Hall–Kier alpha value is -3.21. The molecule has 0 spiro atoms. The van der Waals surface area contributed by atoms with Gasteiger partial charge in [0.1, 0.15) is 5.82 Å². The van der Waals surface area contributed by atoms with Crippen LogP contribution in [0.15, 0.2) is 36.4 Å². The van der Waals surface area contributed by atoms with Gasteiger partial charge in [0.2, 0.25) is 5.91 Å². The Morgan fingerprint density at radius 3 is 2.45 bits per heavy atom. The number of aromatic nitrogens is 4. The number of amides is 1. The zero-order valence-electron chi connectivity index (χ0n) is 18.5. The van der Waals surface area contributed by atoms with Crippen LogP contribution in [-0.2, 0) is 24.1 Å². The third-order valence-corrected chi connectivity index (χ3v) is 5.75. The zero-order valence-corrected chi connectivity index (χ0v) is 18.5. The van der Waals surface area contributed by atoms with Crippen LogP contribution in [0.5, 0.6) is 0 Å². The number of fused-ring (bicyclic) bond motifs is 1. The van der Waals surface area contributed by atoms with E-state index in [1.165, 1.54) is 11.6 Å². The maximum absolute atomic E-state index is 13.1. The summed E-state index contributed by atoms with van der Waals surface area (Å²) in [4.78, 5) is 16.7. The topological polar surface area (TPSA) is 78.7 Å². The molecule has 0 bridgehead atoms. The second-order valence-corrected chi connectivity index (χ2v) is 8.47. The van der Waals surface area contributed by atoms with Gasteiger partial charge in [0.15, 0.2) is 5.65 Å². The van der Waals surface area contributed by atoms with E-state index in [2.05, 4.69) is 31.6 Å². The van der Waals surface area contributed by atoms with Crippen LogP contribution < -0.4 is 10.2 Å². The van der Waals surface area contributed by atoms with E-state index in [4.69, 9.17) is 0 Å². The Balaban J connectivity index is 1.36. The maximum atomic E-state index is 13.1. The highest BCUT2D eigenvalue weighted by Gasteiger charge is 2.38. The van der Waals surface area contributed by atoms with Crippen molar-refractivity contribution in [1.29, 1.82) is 0 Å². The number of anilines is 1. The second-order valence-electron chi connectivity index (χ2n) is 8.47. The second kappa shape index (κ2) is 9.34. The fourth-order valence-corrected chi connectivity index (χ4v) is 4.05. The molecule has 176 valence electrons. The van der Waals surface area contributed by atoms with Gasteiger partial charge >= 0.3 is 6.18 Å². The van der Waals surface area contributed by atoms with Crippen molar-refractivity contribution in [3.63, 3.8) is 0 Å². The molecule has 1 amide bonds. The Bertz CT molecular complexity index is 1120. The summed E-state index contributed by atoms with van der Waals surface area (Å²) in [6, 6.07) is 11.1. The number of nitrogens with one attached hydrogen (secondary N) is 1. The van der Waals surface area contributed by atoms with Gasteiger partial charge in [0.05, 0.1) is 0 Å². The van der Waals surface area contributed by atoms with Gasteiger partial charge in [0, 0.05) is 32.1 Å². The van der Waals surface area contributed by atoms with Crippen molar-refractivity contribution in [2.75, 3.05) is 32.1 Å². The smallest absolute Gasteiger partial charge is 0.355 e. The summed E-state index contributed by atoms with van der Waals surface area (Å²) in [5.74, 6) is -0.894. The standard InChI is InChI=1S/C22H26F3N7O/c1-30(2)14-17-6-4-3-5-16(17)13-26-20(33)15-9-11-31(12-10-15)19-8-7-18-27-28-21(22(23,24)25)32(18)29-19/h3-8,15H,9-14H2,1-2H3,(H,26,33). The highest BCUT2D eigenvalue weighted by atomic mass is 19.4. The zero-order chi connectivity index (χ0) is 23.6. The van der Waals surface area contributed by atoms with Crippen molar-refractivity contribution in [2.45, 2.75) is 32.1 Å². The number of hydrogen-bond acceptors (Lipinski definition) is 6. The van der Waals surface area contributed by atoms with Crippen LogP contribution in [-0.4, -0.2) is 57.8 Å². The van der Waals surface area contributed by atoms with Gasteiger partial charge < -0.3 is 15.1 Å². The van der Waals surface area contributed by atoms with Crippen LogP contribution in [0, 0.1) is 5.92 Å². The van der Waals surface area contributed by atoms with Crippen LogP contribution >= 0.6 is 0 Å². The molecule has 1 aliphatic heterocycles. The van der Waals surface area contributed by atoms with E-state index < -0.39 is 12.0 Å². The number of benzene rings is 1. The summed E-state index contributed by atoms with van der Waals surface area (Å²) in [7, 11) is 4.01. The van der Waals surface area contributed by atoms with E-state index in [9.17, 15) is 18.0 Å². The van der Waals surface area contributed by atoms with E-state index >= 15 is 0 Å². The minimum atomic E-state index is -4.64. The Morgan fingerprint density at radius 1 is 1.09 bits per heavy atom. The minimum Gasteiger partial charge on any atom is -0.355 e. The number of hydrogen-bond donors (Lipinski definition) is 1. The van der Waals surface area contributed by atoms with Crippen molar-refractivity contribution in [3.8, 4) is 0 Å². The van der Waals surface area contributed by atoms with E-state index in [1.54, 1.807) is 6.07 Å². The molecule has 1 fully saturated rings. The monoisotopic (exact) mass is 461 g/mol. The molecule has 2 aromatic heterocycles. The predicted octanol–water partition coefficient (Wildman–Crippen LogP) is 2.74. The number of piperidine rings is 1. The number of halogens is 3. The lowest BCUT2D eigenvalue weighted by molar-refractivity contribution is -0.146. The van der Waals surface area contributed by atoms with E-state index in [1.807, 2.05) is 37.2 Å². The summed E-state index contributed by atoms with van der Waals surface area (Å²) in [6.07, 6.45) is -3.44. The Morgan fingerprint density at radius 2 is 1.79 bits per heavy atom. The van der Waals surface area contributed by atoms with E-state index in [0.29, 0.717) is 38.3 Å². The van der Waals surface area contributed by atoms with Crippen LogP contribution in [0.1, 0.15) is 29.8 Å². The Kier molecular flexibility index (Phi) is 6.50. The molecule has 1 aliphatic rings. The molecule has 0 saturated carbocycles. The highest BCUT2D eigenvalue weighted by Crippen LogP contribution is 2.28. The first-order chi connectivity index (χ1) is 15.7. The van der Waals surface area contributed by atoms with Gasteiger partial charge in [-0.2, -0.15) is 17.7 Å². The maximum Gasteiger partial charge on any atom is 0.453 e. The quantitative estimate of drug-likeness (QED) is 0.608. The van der Waals surface area contributed by atoms with Gasteiger partial charge in [-0.15, -0.1) is 15.3 Å². The van der Waals surface area contributed by atoms with E-state index in [0.717, 1.165) is 16.6 Å². The molecule has 4 rings (SSSR count). The molecule has 0 atom stereocenters. The lowest BCUT2D eigenvalue weighted by atomic mass is 9.95. The van der Waals surface area contributed by atoms with Gasteiger partial charge in [-0.1, -0.05) is 24.3 Å². The third kappa shape index (κ3) is 5.24.